The van der Waals surface area contributed by atoms with Crippen molar-refractivity contribution in [3.05, 3.63) is 97.9 Å². The van der Waals surface area contributed by atoms with E-state index < -0.39 is 12.3 Å². The molecule has 2 aliphatic carbocycles. The van der Waals surface area contributed by atoms with Gasteiger partial charge in [0, 0.05) is 28.9 Å². The molecule has 2 aromatic heterocycles. The maximum absolute atomic E-state index is 11.3. The van der Waals surface area contributed by atoms with Crippen molar-refractivity contribution in [1.29, 1.82) is 0 Å². The van der Waals surface area contributed by atoms with Crippen molar-refractivity contribution in [1.82, 2.24) is 10.1 Å². The fourth-order valence-electron chi connectivity index (χ4n) is 4.89. The van der Waals surface area contributed by atoms with Crippen LogP contribution in [-0.4, -0.2) is 26.3 Å². The average Bonchev–Trinajstić information content (AvgIpc) is 3.82. The molecule has 0 spiro atoms. The van der Waals surface area contributed by atoms with E-state index in [0.29, 0.717) is 33.4 Å². The molecule has 6 rings (SSSR count). The number of ether oxygens (including phenoxy) is 1. The number of nitrogens with zero attached hydrogens (tertiary/aromatic N) is 2. The summed E-state index contributed by atoms with van der Waals surface area (Å²) in [6.07, 6.45) is 4.21. The highest BCUT2D eigenvalue weighted by molar-refractivity contribution is 6.38. The lowest BCUT2D eigenvalue weighted by molar-refractivity contribution is -0.0203. The number of aliphatic hydroxyl groups is 1. The van der Waals surface area contributed by atoms with Crippen LogP contribution in [0.25, 0.3) is 11.3 Å². The summed E-state index contributed by atoms with van der Waals surface area (Å²) in [7, 11) is 0. The van der Waals surface area contributed by atoms with Crippen LogP contribution in [0.15, 0.2) is 59.4 Å². The van der Waals surface area contributed by atoms with E-state index in [1.165, 1.54) is 12.4 Å². The van der Waals surface area contributed by atoms with Crippen LogP contribution in [0.3, 0.4) is 0 Å². The number of hydrogen-bond acceptors (Lipinski definition) is 6. The van der Waals surface area contributed by atoms with E-state index in [9.17, 15) is 15.0 Å². The Kier molecular flexibility index (Phi) is 6.56. The van der Waals surface area contributed by atoms with Gasteiger partial charge < -0.3 is 19.5 Å². The molecule has 7 nitrogen and oxygen atoms in total. The van der Waals surface area contributed by atoms with Gasteiger partial charge in [-0.25, -0.2) is 4.79 Å². The van der Waals surface area contributed by atoms with E-state index in [2.05, 4.69) is 10.1 Å². The number of carbonyl (C=O) groups is 1. The number of aromatic nitrogens is 2. The van der Waals surface area contributed by atoms with Crippen LogP contribution < -0.4 is 4.74 Å². The molecular weight excluding hydrogens is 551 g/mol. The molecule has 4 aromatic rings. The van der Waals surface area contributed by atoms with E-state index in [4.69, 9.17) is 44.1 Å². The third-order valence-electron chi connectivity index (χ3n) is 7.01. The zero-order chi connectivity index (χ0) is 26.6. The summed E-state index contributed by atoms with van der Waals surface area (Å²) in [5.41, 5.74) is 3.29. The van der Waals surface area contributed by atoms with E-state index >= 15 is 0 Å². The van der Waals surface area contributed by atoms with Gasteiger partial charge in [0.15, 0.2) is 0 Å². The van der Waals surface area contributed by atoms with Gasteiger partial charge in [-0.2, -0.15) is 0 Å². The van der Waals surface area contributed by atoms with Gasteiger partial charge in [-0.1, -0.05) is 58.2 Å². The van der Waals surface area contributed by atoms with Crippen molar-refractivity contribution >= 4 is 40.8 Å². The van der Waals surface area contributed by atoms with Gasteiger partial charge >= 0.3 is 5.97 Å². The maximum atomic E-state index is 11.3. The third kappa shape index (κ3) is 4.76. The van der Waals surface area contributed by atoms with Crippen LogP contribution in [0, 0.1) is 0 Å². The Balaban J connectivity index is 1.24. The summed E-state index contributed by atoms with van der Waals surface area (Å²) < 4.78 is 11.5. The molecule has 194 valence electrons. The third-order valence-corrected chi connectivity index (χ3v) is 7.91. The number of rotatable bonds is 8. The molecule has 2 N–H and O–H groups in total. The van der Waals surface area contributed by atoms with Crippen LogP contribution in [0.2, 0.25) is 15.1 Å². The van der Waals surface area contributed by atoms with Gasteiger partial charge in [0.1, 0.15) is 17.2 Å². The number of aromatic carboxylic acids is 1. The largest absolute Gasteiger partial charge is 0.478 e. The summed E-state index contributed by atoms with van der Waals surface area (Å²) in [6, 6.07) is 12.3. The number of aliphatic hydroxyl groups excluding tert-OH is 1. The van der Waals surface area contributed by atoms with Gasteiger partial charge in [0.25, 0.3) is 0 Å². The molecule has 2 fully saturated rings. The molecule has 0 amide bonds. The smallest absolute Gasteiger partial charge is 0.335 e. The standard InChI is InChI=1S/C28H21Cl3N2O5/c29-20-9-16(6-7-17(20)19-10-18(19)14-2-1-3-15(8-14)27(34)35)37-28(36)24-25(33-38-26(24)13-4-5-13)23-21(30)11-32-12-22(23)31/h1-3,6-9,11-13,18-19,28,36H,4-5,10H2,(H,34,35). The van der Waals surface area contributed by atoms with Crippen molar-refractivity contribution in [3.8, 4) is 17.0 Å². The van der Waals surface area contributed by atoms with Crippen LogP contribution in [-0.2, 0) is 0 Å². The monoisotopic (exact) mass is 570 g/mol. The lowest BCUT2D eigenvalue weighted by Crippen LogP contribution is -2.09. The van der Waals surface area contributed by atoms with E-state index in [1.54, 1.807) is 30.3 Å². The SMILES string of the molecule is O=C(O)c1cccc(C2CC2c2ccc(OC(O)c3c(-c4c(Cl)cncc4Cl)noc3C3CC3)cc2Cl)c1. The second-order valence-corrected chi connectivity index (χ2v) is 10.8. The fraction of sp³-hybridized carbons (Fsp3) is 0.250. The predicted octanol–water partition coefficient (Wildman–Crippen LogP) is 7.61. The number of carboxylic acids is 1. The van der Waals surface area contributed by atoms with Crippen molar-refractivity contribution in [2.45, 2.75) is 43.3 Å². The Bertz CT molecular complexity index is 1530. The van der Waals surface area contributed by atoms with Gasteiger partial charge in [0.05, 0.1) is 21.2 Å². The van der Waals surface area contributed by atoms with Gasteiger partial charge in [0.2, 0.25) is 6.29 Å². The van der Waals surface area contributed by atoms with Crippen molar-refractivity contribution in [2.75, 3.05) is 0 Å². The average molecular weight is 572 g/mol. The topological polar surface area (TPSA) is 106 Å². The van der Waals surface area contributed by atoms with Crippen molar-refractivity contribution in [3.63, 3.8) is 0 Å². The van der Waals surface area contributed by atoms with Crippen molar-refractivity contribution in [2.24, 2.45) is 0 Å². The van der Waals surface area contributed by atoms with E-state index in [1.807, 2.05) is 12.1 Å². The summed E-state index contributed by atoms with van der Waals surface area (Å²) in [6.45, 7) is 0. The second-order valence-electron chi connectivity index (χ2n) is 9.59. The number of benzene rings is 2. The lowest BCUT2D eigenvalue weighted by atomic mass is 10.0. The molecule has 10 heteroatoms. The summed E-state index contributed by atoms with van der Waals surface area (Å²) in [5, 5.41) is 25.7. The molecule has 0 aliphatic heterocycles. The van der Waals surface area contributed by atoms with E-state index in [-0.39, 0.29) is 33.4 Å². The first-order valence-corrected chi connectivity index (χ1v) is 13.2. The molecule has 2 saturated carbocycles. The Morgan fingerprint density at radius 2 is 1.79 bits per heavy atom. The summed E-state index contributed by atoms with van der Waals surface area (Å²) >= 11 is 19.4. The molecule has 0 radical (unpaired) electrons. The Labute approximate surface area is 232 Å². The molecule has 3 atom stereocenters. The fourth-order valence-corrected chi connectivity index (χ4v) is 5.74. The number of carboxylic acid groups (broad SMARTS) is 1. The van der Waals surface area contributed by atoms with Crippen LogP contribution in [0.5, 0.6) is 5.75 Å². The first-order chi connectivity index (χ1) is 18.3. The molecule has 2 aliphatic rings. The Morgan fingerprint density at radius 1 is 1.03 bits per heavy atom. The molecule has 2 aromatic carbocycles. The highest BCUT2D eigenvalue weighted by Crippen LogP contribution is 2.56. The van der Waals surface area contributed by atoms with Crippen LogP contribution >= 0.6 is 34.8 Å². The quantitative estimate of drug-likeness (QED) is 0.210. The molecule has 3 unspecified atom stereocenters. The van der Waals surface area contributed by atoms with E-state index in [0.717, 1.165) is 30.4 Å². The van der Waals surface area contributed by atoms with Crippen LogP contribution in [0.1, 0.15) is 76.1 Å². The predicted molar refractivity (Wildman–Crippen MR) is 142 cm³/mol. The van der Waals surface area contributed by atoms with Crippen LogP contribution in [0.4, 0.5) is 0 Å². The lowest BCUT2D eigenvalue weighted by Gasteiger charge is -2.16. The normalized spacial score (nSPS) is 19.3. The summed E-state index contributed by atoms with van der Waals surface area (Å²) in [5.74, 6) is 0.478. The van der Waals surface area contributed by atoms with Gasteiger partial charge in [-0.05, 0) is 66.5 Å². The second kappa shape index (κ2) is 9.89. The molecule has 0 saturated heterocycles. The molecule has 2 heterocycles. The summed E-state index contributed by atoms with van der Waals surface area (Å²) in [4.78, 5) is 15.3. The number of halogens is 3. The Hall–Kier alpha value is -3.10. The number of pyridine rings is 1. The highest BCUT2D eigenvalue weighted by Gasteiger charge is 2.41. The van der Waals surface area contributed by atoms with Crippen molar-refractivity contribution < 1.29 is 24.3 Å². The first kappa shape index (κ1) is 25.2. The molecule has 0 bridgehead atoms. The zero-order valence-corrected chi connectivity index (χ0v) is 22.0. The minimum atomic E-state index is -1.40. The number of hydrogen-bond donors (Lipinski definition) is 2. The minimum Gasteiger partial charge on any atom is -0.478 e. The first-order valence-electron chi connectivity index (χ1n) is 12.1. The maximum Gasteiger partial charge on any atom is 0.335 e. The van der Waals surface area contributed by atoms with Gasteiger partial charge in [-0.15, -0.1) is 0 Å². The Morgan fingerprint density at radius 3 is 2.47 bits per heavy atom. The zero-order valence-electron chi connectivity index (χ0n) is 19.8. The van der Waals surface area contributed by atoms with Gasteiger partial charge in [-0.3, -0.25) is 4.98 Å². The minimum absolute atomic E-state index is 0.140. The molecular formula is C28H21Cl3N2O5. The molecule has 38 heavy (non-hydrogen) atoms. The highest BCUT2D eigenvalue weighted by atomic mass is 35.5.